The minimum absolute atomic E-state index is 0.308. The minimum atomic E-state index is -2.43. The van der Waals surface area contributed by atoms with E-state index in [1.165, 1.54) is 0 Å². The molecular weight excluding hydrogens is 338 g/mol. The Labute approximate surface area is 142 Å². The van der Waals surface area contributed by atoms with Gasteiger partial charge in [-0.1, -0.05) is 17.8 Å². The number of aromatic nitrogens is 1. The van der Waals surface area contributed by atoms with E-state index in [0.29, 0.717) is 27.5 Å². The summed E-state index contributed by atoms with van der Waals surface area (Å²) >= 11 is 5.64. The lowest BCUT2D eigenvalue weighted by Gasteiger charge is -2.08. The van der Waals surface area contributed by atoms with Crippen molar-refractivity contribution in [3.8, 4) is 0 Å². The van der Waals surface area contributed by atoms with Crippen LogP contribution in [0.5, 0.6) is 0 Å². The van der Waals surface area contributed by atoms with Gasteiger partial charge in [0.2, 0.25) is 0 Å². The monoisotopic (exact) mass is 352 g/mol. The Hall–Kier alpha value is -2.06. The highest BCUT2D eigenvalue weighted by Gasteiger charge is 2.05. The molecule has 4 nitrogen and oxygen atoms in total. The molecule has 0 bridgehead atoms. The Morgan fingerprint density at radius 2 is 2.00 bits per heavy atom. The molecule has 23 heavy (non-hydrogen) atoms. The molecule has 0 unspecified atom stereocenters. The van der Waals surface area contributed by atoms with Crippen molar-refractivity contribution in [1.29, 1.82) is 0 Å². The van der Waals surface area contributed by atoms with Crippen LogP contribution in [0.15, 0.2) is 58.8 Å². The number of nitrogens with one attached hydrogen (secondary N) is 2. The second-order valence-corrected chi connectivity index (χ2v) is 5.88. The first-order valence-corrected chi connectivity index (χ1v) is 7.90. The van der Waals surface area contributed by atoms with Crippen LogP contribution in [0.2, 0.25) is 0 Å². The average Bonchev–Trinajstić information content (AvgIpc) is 2.55. The number of benzene rings is 1. The normalized spacial score (nSPS) is 11.4. The molecule has 0 spiro atoms. The highest BCUT2D eigenvalue weighted by Crippen LogP contribution is 2.26. The fourth-order valence-electron chi connectivity index (χ4n) is 1.65. The van der Waals surface area contributed by atoms with E-state index in [4.69, 9.17) is 12.2 Å². The molecule has 0 aliphatic rings. The van der Waals surface area contributed by atoms with Gasteiger partial charge in [-0.3, -0.25) is 10.4 Å². The topological polar surface area (TPSA) is 49.3 Å². The number of halogens is 2. The molecule has 0 aliphatic carbocycles. The molecule has 0 aliphatic heterocycles. The molecule has 8 heteroatoms. The fourth-order valence-corrected chi connectivity index (χ4v) is 2.32. The van der Waals surface area contributed by atoms with Crippen LogP contribution in [0.25, 0.3) is 0 Å². The number of hydrazone groups is 1. The summed E-state index contributed by atoms with van der Waals surface area (Å²) in [7, 11) is 0. The molecule has 0 atom stereocenters. The second kappa shape index (κ2) is 8.54. The number of alkyl halides is 2. The molecule has 2 N–H and O–H groups in total. The first kappa shape index (κ1) is 17.3. The van der Waals surface area contributed by atoms with E-state index in [2.05, 4.69) is 20.8 Å². The summed E-state index contributed by atoms with van der Waals surface area (Å²) in [5, 5.41) is 7.41. The third-order valence-electron chi connectivity index (χ3n) is 2.74. The first-order valence-electron chi connectivity index (χ1n) is 6.61. The van der Waals surface area contributed by atoms with E-state index in [1.807, 2.05) is 19.1 Å². The number of anilines is 1. The minimum Gasteiger partial charge on any atom is -0.331 e. The molecule has 2 rings (SSSR count). The highest BCUT2D eigenvalue weighted by atomic mass is 32.2. The van der Waals surface area contributed by atoms with Crippen LogP contribution in [0, 0.1) is 0 Å². The van der Waals surface area contributed by atoms with E-state index in [9.17, 15) is 8.78 Å². The third kappa shape index (κ3) is 5.91. The number of thioether (sulfide) groups is 1. The number of thiocarbonyl (C=S) groups is 1. The van der Waals surface area contributed by atoms with Crippen molar-refractivity contribution in [3.63, 3.8) is 0 Å². The molecule has 1 heterocycles. The van der Waals surface area contributed by atoms with Gasteiger partial charge >= 0.3 is 0 Å². The molecule has 1 aromatic heterocycles. The number of rotatable bonds is 5. The Morgan fingerprint density at radius 1 is 1.26 bits per heavy atom. The van der Waals surface area contributed by atoms with Gasteiger partial charge in [-0.05, 0) is 49.5 Å². The van der Waals surface area contributed by atoms with E-state index in [1.54, 1.807) is 36.7 Å². The Bertz CT molecular complexity index is 676. The summed E-state index contributed by atoms with van der Waals surface area (Å²) < 4.78 is 24.5. The lowest BCUT2D eigenvalue weighted by molar-refractivity contribution is 0.252. The summed E-state index contributed by atoms with van der Waals surface area (Å²) in [5.41, 5.74) is 5.05. The molecule has 120 valence electrons. The van der Waals surface area contributed by atoms with Crippen molar-refractivity contribution >= 4 is 40.5 Å². The van der Waals surface area contributed by atoms with Gasteiger partial charge in [0.15, 0.2) is 5.11 Å². The van der Waals surface area contributed by atoms with E-state index in [0.717, 1.165) is 11.3 Å². The maximum Gasteiger partial charge on any atom is 0.288 e. The van der Waals surface area contributed by atoms with Crippen molar-refractivity contribution in [2.75, 3.05) is 5.32 Å². The third-order valence-corrected chi connectivity index (χ3v) is 3.66. The molecule has 2 aromatic rings. The molecule has 0 amide bonds. The zero-order valence-corrected chi connectivity index (χ0v) is 13.8. The predicted molar refractivity (Wildman–Crippen MR) is 94.1 cm³/mol. The van der Waals surface area contributed by atoms with Gasteiger partial charge in [0.25, 0.3) is 5.76 Å². The quantitative estimate of drug-likeness (QED) is 0.367. The Morgan fingerprint density at radius 3 is 2.61 bits per heavy atom. The SMILES string of the molecule is C/C(=N/NC(=S)Nc1ccc(SC(F)F)cc1)c1cccnc1. The van der Waals surface area contributed by atoms with Crippen molar-refractivity contribution < 1.29 is 8.78 Å². The van der Waals surface area contributed by atoms with Gasteiger partial charge in [-0.15, -0.1) is 0 Å². The number of hydrogen-bond donors (Lipinski definition) is 2. The van der Waals surface area contributed by atoms with Gasteiger partial charge in [-0.2, -0.15) is 13.9 Å². The fraction of sp³-hybridized carbons (Fsp3) is 0.133. The largest absolute Gasteiger partial charge is 0.331 e. The maximum atomic E-state index is 12.2. The van der Waals surface area contributed by atoms with Crippen molar-refractivity contribution in [3.05, 3.63) is 54.4 Å². The van der Waals surface area contributed by atoms with Gasteiger partial charge < -0.3 is 5.32 Å². The summed E-state index contributed by atoms with van der Waals surface area (Å²) in [6, 6.07) is 10.3. The highest BCUT2D eigenvalue weighted by molar-refractivity contribution is 7.99. The second-order valence-electron chi connectivity index (χ2n) is 4.41. The number of hydrogen-bond acceptors (Lipinski definition) is 4. The van der Waals surface area contributed by atoms with Crippen LogP contribution in [0.4, 0.5) is 14.5 Å². The summed E-state index contributed by atoms with van der Waals surface area (Å²) in [4.78, 5) is 4.51. The van der Waals surface area contributed by atoms with Gasteiger partial charge in [0.05, 0.1) is 5.71 Å². The number of pyridine rings is 1. The van der Waals surface area contributed by atoms with E-state index >= 15 is 0 Å². The Balaban J connectivity index is 1.89. The van der Waals surface area contributed by atoms with Gasteiger partial charge in [0, 0.05) is 28.5 Å². The van der Waals surface area contributed by atoms with E-state index < -0.39 is 5.76 Å². The summed E-state index contributed by atoms with van der Waals surface area (Å²) in [5.74, 6) is -2.43. The molecule has 0 saturated carbocycles. The molecular formula is C15H14F2N4S2. The average molecular weight is 352 g/mol. The number of nitrogens with zero attached hydrogens (tertiary/aromatic N) is 2. The zero-order valence-electron chi connectivity index (χ0n) is 12.2. The van der Waals surface area contributed by atoms with Crippen molar-refractivity contribution in [2.45, 2.75) is 17.6 Å². The Kier molecular flexibility index (Phi) is 6.42. The predicted octanol–water partition coefficient (Wildman–Crippen LogP) is 4.11. The zero-order chi connectivity index (χ0) is 16.7. The van der Waals surface area contributed by atoms with Crippen LogP contribution in [-0.2, 0) is 0 Å². The molecule has 0 fully saturated rings. The molecule has 1 aromatic carbocycles. The summed E-state index contributed by atoms with van der Waals surface area (Å²) in [6.07, 6.45) is 3.39. The standard InChI is InChI=1S/C15H14F2N4S2/c1-10(11-3-2-8-18-9-11)20-21-15(22)19-12-4-6-13(7-5-12)23-14(16)17/h2-9,14H,1H3,(H2,19,21,22)/b20-10-. The van der Waals surface area contributed by atoms with Crippen molar-refractivity contribution in [2.24, 2.45) is 5.10 Å². The van der Waals surface area contributed by atoms with Crippen LogP contribution in [0.1, 0.15) is 12.5 Å². The van der Waals surface area contributed by atoms with Crippen LogP contribution < -0.4 is 10.7 Å². The van der Waals surface area contributed by atoms with Gasteiger partial charge in [-0.25, -0.2) is 0 Å². The van der Waals surface area contributed by atoms with Crippen LogP contribution in [0.3, 0.4) is 0 Å². The van der Waals surface area contributed by atoms with E-state index in [-0.39, 0.29) is 0 Å². The molecule has 0 saturated heterocycles. The first-order chi connectivity index (χ1) is 11.0. The molecule has 0 radical (unpaired) electrons. The van der Waals surface area contributed by atoms with Gasteiger partial charge in [0.1, 0.15) is 0 Å². The summed E-state index contributed by atoms with van der Waals surface area (Å²) in [6.45, 7) is 1.84. The maximum absolute atomic E-state index is 12.2. The van der Waals surface area contributed by atoms with Crippen LogP contribution in [-0.4, -0.2) is 21.6 Å². The lowest BCUT2D eigenvalue weighted by atomic mass is 10.2. The lowest BCUT2D eigenvalue weighted by Crippen LogP contribution is -2.24. The van der Waals surface area contributed by atoms with Crippen LogP contribution >= 0.6 is 24.0 Å². The smallest absolute Gasteiger partial charge is 0.288 e. The van der Waals surface area contributed by atoms with Crippen molar-refractivity contribution in [1.82, 2.24) is 10.4 Å².